The lowest BCUT2D eigenvalue weighted by Gasteiger charge is -2.55. The predicted octanol–water partition coefficient (Wildman–Crippen LogP) is 4.88. The number of hydrogen-bond donors (Lipinski definition) is 0. The molecule has 0 amide bonds. The lowest BCUT2D eigenvalue weighted by molar-refractivity contribution is -0.165. The second-order valence-electron chi connectivity index (χ2n) is 7.83. The van der Waals surface area contributed by atoms with Gasteiger partial charge in [0.25, 0.3) is 0 Å². The molecule has 1 aromatic rings. The van der Waals surface area contributed by atoms with E-state index in [1.54, 1.807) is 12.1 Å². The molecule has 2 bridgehead atoms. The van der Waals surface area contributed by atoms with E-state index in [9.17, 15) is 4.79 Å². The molecule has 5 unspecified atom stereocenters. The van der Waals surface area contributed by atoms with Crippen molar-refractivity contribution < 1.29 is 14.3 Å². The van der Waals surface area contributed by atoms with Gasteiger partial charge >= 0.3 is 5.97 Å². The average Bonchev–Trinajstić information content (AvgIpc) is 2.61. The molecule has 2 aliphatic rings. The second-order valence-corrected chi connectivity index (χ2v) is 7.83. The van der Waals surface area contributed by atoms with Gasteiger partial charge in [0.15, 0.2) is 0 Å². The van der Waals surface area contributed by atoms with Gasteiger partial charge in [-0.3, -0.25) is 0 Å². The topological polar surface area (TPSA) is 35.5 Å². The first kappa shape index (κ1) is 18.2. The molecule has 0 aromatic heterocycles. The van der Waals surface area contributed by atoms with E-state index in [0.717, 1.165) is 12.8 Å². The molecular weight excluding hydrogens is 312 g/mol. The number of fused-ring (bicyclic) bond motifs is 2. The number of carbonyl (C=O) groups excluding carboxylic acids is 1. The molecule has 0 saturated carbocycles. The molecule has 1 fully saturated rings. The Bertz CT molecular complexity index is 636. The van der Waals surface area contributed by atoms with Crippen LogP contribution < -0.4 is 0 Å². The highest BCUT2D eigenvalue weighted by atomic mass is 16.5. The molecule has 1 aromatic carbocycles. The monoisotopic (exact) mass is 342 g/mol. The van der Waals surface area contributed by atoms with Crippen LogP contribution in [0, 0.1) is 23.2 Å². The van der Waals surface area contributed by atoms with Crippen LogP contribution in [-0.4, -0.2) is 25.3 Å². The van der Waals surface area contributed by atoms with Gasteiger partial charge in [-0.15, -0.1) is 0 Å². The van der Waals surface area contributed by atoms with E-state index < -0.39 is 0 Å². The summed E-state index contributed by atoms with van der Waals surface area (Å²) in [4.78, 5) is 12.4. The molecule has 25 heavy (non-hydrogen) atoms. The zero-order valence-electron chi connectivity index (χ0n) is 15.8. The normalized spacial score (nSPS) is 34.3. The summed E-state index contributed by atoms with van der Waals surface area (Å²) in [5.74, 6) is 0.972. The van der Waals surface area contributed by atoms with Crippen LogP contribution in [0.5, 0.6) is 0 Å². The molecule has 1 heterocycles. The van der Waals surface area contributed by atoms with Crippen molar-refractivity contribution in [2.24, 2.45) is 23.2 Å². The summed E-state index contributed by atoms with van der Waals surface area (Å²) in [6, 6.07) is 9.23. The van der Waals surface area contributed by atoms with E-state index >= 15 is 0 Å². The van der Waals surface area contributed by atoms with Crippen molar-refractivity contribution in [2.75, 3.05) is 13.2 Å². The van der Waals surface area contributed by atoms with Crippen molar-refractivity contribution >= 4 is 5.97 Å². The van der Waals surface area contributed by atoms with Crippen LogP contribution in [0.15, 0.2) is 42.0 Å². The van der Waals surface area contributed by atoms with Gasteiger partial charge in [-0.2, -0.15) is 0 Å². The SMILES string of the molecule is CCCC1OCC2(COC(=O)c3ccccc3)C(C)C=C(C)C1C2C. The third kappa shape index (κ3) is 3.27. The van der Waals surface area contributed by atoms with Crippen LogP contribution in [0.25, 0.3) is 0 Å². The van der Waals surface area contributed by atoms with Gasteiger partial charge in [0.2, 0.25) is 0 Å². The number of benzene rings is 1. The number of ether oxygens (including phenoxy) is 2. The fourth-order valence-electron chi connectivity index (χ4n) is 4.79. The first-order valence-electron chi connectivity index (χ1n) is 9.51. The standard InChI is InChI=1S/C22H30O3/c1-5-9-19-20-15(2)12-16(3)22(13-24-19,17(20)4)14-25-21(23)18-10-7-6-8-11-18/h6-8,10-12,16-17,19-20H,5,9,13-14H2,1-4H3. The minimum atomic E-state index is -0.243. The van der Waals surface area contributed by atoms with Crippen molar-refractivity contribution in [1.29, 1.82) is 0 Å². The fourth-order valence-corrected chi connectivity index (χ4v) is 4.79. The van der Waals surface area contributed by atoms with Crippen LogP contribution in [0.2, 0.25) is 0 Å². The maximum Gasteiger partial charge on any atom is 0.338 e. The zero-order chi connectivity index (χ0) is 18.0. The second kappa shape index (κ2) is 7.33. The van der Waals surface area contributed by atoms with Gasteiger partial charge < -0.3 is 9.47 Å². The summed E-state index contributed by atoms with van der Waals surface area (Å²) in [6.07, 6.45) is 4.90. The van der Waals surface area contributed by atoms with Crippen molar-refractivity contribution in [3.05, 3.63) is 47.5 Å². The minimum Gasteiger partial charge on any atom is -0.461 e. The van der Waals surface area contributed by atoms with Gasteiger partial charge in [0.1, 0.15) is 6.61 Å². The van der Waals surface area contributed by atoms with Gasteiger partial charge in [-0.05, 0) is 37.3 Å². The smallest absolute Gasteiger partial charge is 0.338 e. The Balaban J connectivity index is 1.79. The molecule has 1 aliphatic carbocycles. The van der Waals surface area contributed by atoms with Crippen molar-refractivity contribution in [2.45, 2.75) is 46.6 Å². The van der Waals surface area contributed by atoms with E-state index in [1.165, 1.54) is 5.57 Å². The van der Waals surface area contributed by atoms with Crippen LogP contribution in [0.3, 0.4) is 0 Å². The Morgan fingerprint density at radius 2 is 2.00 bits per heavy atom. The van der Waals surface area contributed by atoms with Crippen LogP contribution in [0.4, 0.5) is 0 Å². The molecule has 0 N–H and O–H groups in total. The Labute approximate surface area is 151 Å². The van der Waals surface area contributed by atoms with Crippen molar-refractivity contribution in [1.82, 2.24) is 0 Å². The molecule has 1 aliphatic heterocycles. The summed E-state index contributed by atoms with van der Waals surface area (Å²) in [6.45, 7) is 10.1. The molecule has 0 spiro atoms. The average molecular weight is 342 g/mol. The Morgan fingerprint density at radius 3 is 2.68 bits per heavy atom. The highest BCUT2D eigenvalue weighted by Crippen LogP contribution is 2.53. The molecular formula is C22H30O3. The van der Waals surface area contributed by atoms with Crippen LogP contribution in [-0.2, 0) is 9.47 Å². The zero-order valence-corrected chi connectivity index (χ0v) is 15.8. The number of hydrogen-bond acceptors (Lipinski definition) is 3. The van der Waals surface area contributed by atoms with Gasteiger partial charge in [0.05, 0.1) is 18.3 Å². The number of esters is 1. The van der Waals surface area contributed by atoms with E-state index in [0.29, 0.717) is 42.6 Å². The number of rotatable bonds is 5. The lowest BCUT2D eigenvalue weighted by Crippen LogP contribution is -2.56. The highest BCUT2D eigenvalue weighted by molar-refractivity contribution is 5.89. The van der Waals surface area contributed by atoms with Crippen LogP contribution >= 0.6 is 0 Å². The van der Waals surface area contributed by atoms with Gasteiger partial charge in [-0.1, -0.05) is 57.0 Å². The molecule has 5 atom stereocenters. The molecule has 3 nitrogen and oxygen atoms in total. The fraction of sp³-hybridized carbons (Fsp3) is 0.591. The van der Waals surface area contributed by atoms with E-state index in [1.807, 2.05) is 18.2 Å². The van der Waals surface area contributed by atoms with Gasteiger partial charge in [0, 0.05) is 11.3 Å². The lowest BCUT2D eigenvalue weighted by atomic mass is 9.56. The molecule has 1 saturated heterocycles. The van der Waals surface area contributed by atoms with E-state index in [-0.39, 0.29) is 11.4 Å². The Morgan fingerprint density at radius 1 is 1.28 bits per heavy atom. The minimum absolute atomic E-state index is 0.126. The molecule has 3 rings (SSSR count). The summed E-state index contributed by atoms with van der Waals surface area (Å²) in [7, 11) is 0. The van der Waals surface area contributed by atoms with Gasteiger partial charge in [-0.25, -0.2) is 4.79 Å². The third-order valence-corrected chi connectivity index (χ3v) is 6.41. The predicted molar refractivity (Wildman–Crippen MR) is 99.4 cm³/mol. The van der Waals surface area contributed by atoms with Crippen molar-refractivity contribution in [3.63, 3.8) is 0 Å². The maximum absolute atomic E-state index is 12.4. The largest absolute Gasteiger partial charge is 0.461 e. The Hall–Kier alpha value is -1.61. The van der Waals surface area contributed by atoms with Crippen LogP contribution in [0.1, 0.15) is 50.9 Å². The van der Waals surface area contributed by atoms with E-state index in [2.05, 4.69) is 33.8 Å². The van der Waals surface area contributed by atoms with Crippen molar-refractivity contribution in [3.8, 4) is 0 Å². The summed E-state index contributed by atoms with van der Waals surface area (Å²) >= 11 is 0. The number of allylic oxidation sites excluding steroid dienone is 1. The summed E-state index contributed by atoms with van der Waals surface area (Å²) in [5.41, 5.74) is 1.92. The maximum atomic E-state index is 12.4. The molecule has 0 radical (unpaired) electrons. The summed E-state index contributed by atoms with van der Waals surface area (Å²) in [5, 5.41) is 0. The molecule has 3 heteroatoms. The molecule has 136 valence electrons. The third-order valence-electron chi connectivity index (χ3n) is 6.41. The highest BCUT2D eigenvalue weighted by Gasteiger charge is 2.53. The van der Waals surface area contributed by atoms with E-state index in [4.69, 9.17) is 9.47 Å². The quantitative estimate of drug-likeness (QED) is 0.565. The summed E-state index contributed by atoms with van der Waals surface area (Å²) < 4.78 is 12.1. The first-order valence-corrected chi connectivity index (χ1v) is 9.51. The number of carbonyl (C=O) groups is 1. The Kier molecular flexibility index (Phi) is 5.33. The first-order chi connectivity index (χ1) is 12.0.